The lowest BCUT2D eigenvalue weighted by molar-refractivity contribution is -0.131. The molecule has 0 saturated heterocycles. The summed E-state index contributed by atoms with van der Waals surface area (Å²) in [5.74, 6) is 1.73. The van der Waals surface area contributed by atoms with Crippen molar-refractivity contribution in [1.29, 1.82) is 5.26 Å². The SMILES string of the molecule is CCOc1ccc(-n2c(Cc3ccccc3)nnc2SCC(=O)N(C)C2(C#N)CCCCC2)cc1. The van der Waals surface area contributed by atoms with Crippen molar-refractivity contribution in [3.05, 3.63) is 66.0 Å². The van der Waals surface area contributed by atoms with E-state index in [1.165, 1.54) is 11.8 Å². The van der Waals surface area contributed by atoms with Gasteiger partial charge < -0.3 is 9.64 Å². The molecule has 4 rings (SSSR count). The standard InChI is InChI=1S/C27H31N5O2S/c1-3-34-23-14-12-22(13-15-23)32-24(18-21-10-6-4-7-11-21)29-30-26(32)35-19-25(33)31(2)27(20-28)16-8-5-9-17-27/h4,6-7,10-15H,3,5,8-9,16-19H2,1-2H3. The van der Waals surface area contributed by atoms with Gasteiger partial charge in [0.05, 0.1) is 18.4 Å². The van der Waals surface area contributed by atoms with Gasteiger partial charge in [-0.25, -0.2) is 0 Å². The van der Waals surface area contributed by atoms with E-state index >= 15 is 0 Å². The molecule has 0 spiro atoms. The zero-order valence-corrected chi connectivity index (χ0v) is 21.1. The summed E-state index contributed by atoms with van der Waals surface area (Å²) < 4.78 is 7.60. The molecule has 0 unspecified atom stereocenters. The van der Waals surface area contributed by atoms with Crippen LogP contribution in [-0.4, -0.2) is 50.5 Å². The predicted molar refractivity (Wildman–Crippen MR) is 137 cm³/mol. The second-order valence-electron chi connectivity index (χ2n) is 8.77. The van der Waals surface area contributed by atoms with Crippen LogP contribution < -0.4 is 4.74 Å². The van der Waals surface area contributed by atoms with E-state index in [1.54, 1.807) is 11.9 Å². The van der Waals surface area contributed by atoms with Crippen LogP contribution in [-0.2, 0) is 11.2 Å². The number of carbonyl (C=O) groups is 1. The monoisotopic (exact) mass is 489 g/mol. The molecule has 3 aromatic rings. The molecule has 182 valence electrons. The normalized spacial score (nSPS) is 14.8. The molecule has 0 radical (unpaired) electrons. The second kappa shape index (κ2) is 11.4. The van der Waals surface area contributed by atoms with Gasteiger partial charge in [-0.05, 0) is 49.6 Å². The number of hydrogen-bond acceptors (Lipinski definition) is 6. The van der Waals surface area contributed by atoms with Gasteiger partial charge in [0.1, 0.15) is 17.1 Å². The Hall–Kier alpha value is -3.31. The maximum absolute atomic E-state index is 13.1. The number of aromatic nitrogens is 3. The minimum Gasteiger partial charge on any atom is -0.494 e. The smallest absolute Gasteiger partial charge is 0.234 e. The van der Waals surface area contributed by atoms with Crippen LogP contribution in [0.5, 0.6) is 5.75 Å². The Kier molecular flexibility index (Phi) is 8.09. The highest BCUT2D eigenvalue weighted by Crippen LogP contribution is 2.33. The average Bonchev–Trinajstić information content (AvgIpc) is 3.30. The van der Waals surface area contributed by atoms with E-state index in [0.717, 1.165) is 54.9 Å². The average molecular weight is 490 g/mol. The van der Waals surface area contributed by atoms with Gasteiger partial charge in [-0.1, -0.05) is 61.4 Å². The van der Waals surface area contributed by atoms with Crippen LogP contribution in [0.2, 0.25) is 0 Å². The summed E-state index contributed by atoms with van der Waals surface area (Å²) in [6, 6.07) is 20.4. The fraction of sp³-hybridized carbons (Fsp3) is 0.407. The molecule has 2 aromatic carbocycles. The van der Waals surface area contributed by atoms with E-state index in [4.69, 9.17) is 4.74 Å². The van der Waals surface area contributed by atoms with Crippen molar-refractivity contribution in [2.24, 2.45) is 0 Å². The Balaban J connectivity index is 1.57. The van der Waals surface area contributed by atoms with E-state index < -0.39 is 5.54 Å². The maximum Gasteiger partial charge on any atom is 0.234 e. The molecular formula is C27H31N5O2S. The lowest BCUT2D eigenvalue weighted by Gasteiger charge is -2.39. The number of nitriles is 1. The Labute approximate surface area is 211 Å². The molecule has 1 amide bonds. The summed E-state index contributed by atoms with van der Waals surface area (Å²) in [7, 11) is 1.76. The summed E-state index contributed by atoms with van der Waals surface area (Å²) >= 11 is 1.35. The van der Waals surface area contributed by atoms with Crippen LogP contribution in [0.4, 0.5) is 0 Å². The molecule has 0 aliphatic heterocycles. The third-order valence-corrected chi connectivity index (χ3v) is 7.45. The number of nitrogens with zero attached hydrogens (tertiary/aromatic N) is 5. The molecule has 1 heterocycles. The molecular weight excluding hydrogens is 458 g/mol. The summed E-state index contributed by atoms with van der Waals surface area (Å²) in [4.78, 5) is 14.8. The molecule has 7 nitrogen and oxygen atoms in total. The van der Waals surface area contributed by atoms with Crippen molar-refractivity contribution in [3.63, 3.8) is 0 Å². The van der Waals surface area contributed by atoms with Gasteiger partial charge in [-0.2, -0.15) is 5.26 Å². The lowest BCUT2D eigenvalue weighted by Crippen LogP contribution is -2.50. The fourth-order valence-corrected chi connectivity index (χ4v) is 5.41. The number of rotatable bonds is 9. The lowest BCUT2D eigenvalue weighted by atomic mass is 9.81. The molecule has 1 aliphatic rings. The Morgan fingerprint density at radius 2 is 1.83 bits per heavy atom. The second-order valence-corrected chi connectivity index (χ2v) is 9.71. The number of hydrogen-bond donors (Lipinski definition) is 0. The summed E-state index contributed by atoms with van der Waals surface area (Å²) in [5, 5.41) is 19.4. The van der Waals surface area contributed by atoms with E-state index in [9.17, 15) is 10.1 Å². The summed E-state index contributed by atoms with van der Waals surface area (Å²) in [6.07, 6.45) is 5.17. The maximum atomic E-state index is 13.1. The first-order valence-electron chi connectivity index (χ1n) is 12.1. The fourth-order valence-electron chi connectivity index (χ4n) is 4.52. The highest BCUT2D eigenvalue weighted by atomic mass is 32.2. The third-order valence-electron chi connectivity index (χ3n) is 6.54. The van der Waals surface area contributed by atoms with Gasteiger partial charge in [0.2, 0.25) is 5.91 Å². The minimum absolute atomic E-state index is 0.0655. The zero-order chi connectivity index (χ0) is 24.7. The molecule has 1 aliphatic carbocycles. The number of benzene rings is 2. The minimum atomic E-state index is -0.697. The Morgan fingerprint density at radius 3 is 2.49 bits per heavy atom. The van der Waals surface area contributed by atoms with Crippen molar-refractivity contribution in [3.8, 4) is 17.5 Å². The third kappa shape index (κ3) is 5.68. The van der Waals surface area contributed by atoms with Crippen molar-refractivity contribution < 1.29 is 9.53 Å². The van der Waals surface area contributed by atoms with Crippen molar-refractivity contribution in [2.75, 3.05) is 19.4 Å². The van der Waals surface area contributed by atoms with E-state index in [1.807, 2.05) is 54.0 Å². The van der Waals surface area contributed by atoms with Crippen molar-refractivity contribution in [1.82, 2.24) is 19.7 Å². The Bertz CT molecular complexity index is 1160. The summed E-state index contributed by atoms with van der Waals surface area (Å²) in [6.45, 7) is 2.56. The van der Waals surface area contributed by atoms with Crippen LogP contribution in [0.25, 0.3) is 5.69 Å². The van der Waals surface area contributed by atoms with E-state index in [0.29, 0.717) is 18.2 Å². The van der Waals surface area contributed by atoms with Gasteiger partial charge in [0.25, 0.3) is 0 Å². The highest BCUT2D eigenvalue weighted by molar-refractivity contribution is 7.99. The molecule has 0 atom stereocenters. The highest BCUT2D eigenvalue weighted by Gasteiger charge is 2.38. The van der Waals surface area contributed by atoms with Gasteiger partial charge in [0.15, 0.2) is 5.16 Å². The zero-order valence-electron chi connectivity index (χ0n) is 20.3. The van der Waals surface area contributed by atoms with Gasteiger partial charge in [-0.15, -0.1) is 10.2 Å². The van der Waals surface area contributed by atoms with Crippen LogP contribution >= 0.6 is 11.8 Å². The molecule has 8 heteroatoms. The van der Waals surface area contributed by atoms with Gasteiger partial charge >= 0.3 is 0 Å². The number of carbonyl (C=O) groups excluding carboxylic acids is 1. The van der Waals surface area contributed by atoms with E-state index in [2.05, 4.69) is 28.4 Å². The van der Waals surface area contributed by atoms with E-state index in [-0.39, 0.29) is 11.7 Å². The molecule has 1 fully saturated rings. The molecule has 35 heavy (non-hydrogen) atoms. The van der Waals surface area contributed by atoms with Gasteiger partial charge in [-0.3, -0.25) is 9.36 Å². The first-order valence-corrected chi connectivity index (χ1v) is 13.1. The molecule has 0 N–H and O–H groups in total. The first kappa shape index (κ1) is 24.8. The van der Waals surface area contributed by atoms with Gasteiger partial charge in [0, 0.05) is 19.2 Å². The van der Waals surface area contributed by atoms with Crippen molar-refractivity contribution in [2.45, 2.75) is 56.1 Å². The predicted octanol–water partition coefficient (Wildman–Crippen LogP) is 5.03. The van der Waals surface area contributed by atoms with Crippen LogP contribution in [0.15, 0.2) is 59.8 Å². The van der Waals surface area contributed by atoms with Crippen LogP contribution in [0.1, 0.15) is 50.4 Å². The topological polar surface area (TPSA) is 84.0 Å². The summed E-state index contributed by atoms with van der Waals surface area (Å²) in [5.41, 5.74) is 1.35. The molecule has 1 aromatic heterocycles. The quantitative estimate of drug-likeness (QED) is 0.392. The molecule has 1 saturated carbocycles. The number of amides is 1. The first-order chi connectivity index (χ1) is 17.1. The Morgan fingerprint density at radius 1 is 1.11 bits per heavy atom. The molecule has 0 bridgehead atoms. The largest absolute Gasteiger partial charge is 0.494 e. The number of thioether (sulfide) groups is 1. The van der Waals surface area contributed by atoms with Crippen molar-refractivity contribution >= 4 is 17.7 Å². The van der Waals surface area contributed by atoms with Crippen LogP contribution in [0.3, 0.4) is 0 Å². The number of ether oxygens (including phenoxy) is 1. The van der Waals surface area contributed by atoms with Crippen LogP contribution in [0, 0.1) is 11.3 Å².